The predicted octanol–water partition coefficient (Wildman–Crippen LogP) is 3.29. The van der Waals surface area contributed by atoms with Crippen LogP contribution in [0.25, 0.3) is 0 Å². The van der Waals surface area contributed by atoms with Crippen molar-refractivity contribution in [2.45, 2.75) is 33.1 Å². The smallest absolute Gasteiger partial charge is 0.335 e. The van der Waals surface area contributed by atoms with E-state index in [1.807, 2.05) is 6.07 Å². The summed E-state index contributed by atoms with van der Waals surface area (Å²) >= 11 is 0. The second kappa shape index (κ2) is 8.29. The lowest BCUT2D eigenvalue weighted by molar-refractivity contribution is -0.121. The summed E-state index contributed by atoms with van der Waals surface area (Å²) in [5.74, 6) is -0.918. The molecular formula is C20H23NO3. The van der Waals surface area contributed by atoms with Crippen molar-refractivity contribution in [3.05, 3.63) is 70.3 Å². The SMILES string of the molecule is Cc1ccc(CCC(=O)NCCc2cccc(C(=O)O)c2)c(C)c1. The van der Waals surface area contributed by atoms with Crippen LogP contribution in [0.5, 0.6) is 0 Å². The summed E-state index contributed by atoms with van der Waals surface area (Å²) in [4.78, 5) is 22.9. The Hall–Kier alpha value is -2.62. The van der Waals surface area contributed by atoms with Gasteiger partial charge in [0, 0.05) is 13.0 Å². The number of aromatic carboxylic acids is 1. The van der Waals surface area contributed by atoms with Crippen molar-refractivity contribution in [3.63, 3.8) is 0 Å². The monoisotopic (exact) mass is 325 g/mol. The Morgan fingerprint density at radius 2 is 1.83 bits per heavy atom. The molecule has 2 aromatic rings. The van der Waals surface area contributed by atoms with E-state index in [0.717, 1.165) is 12.0 Å². The van der Waals surface area contributed by atoms with Crippen LogP contribution in [0.15, 0.2) is 42.5 Å². The molecule has 0 spiro atoms. The van der Waals surface area contributed by atoms with Crippen molar-refractivity contribution in [1.82, 2.24) is 5.32 Å². The summed E-state index contributed by atoms with van der Waals surface area (Å²) < 4.78 is 0. The van der Waals surface area contributed by atoms with Crippen LogP contribution >= 0.6 is 0 Å². The van der Waals surface area contributed by atoms with Crippen LogP contribution in [-0.4, -0.2) is 23.5 Å². The summed E-state index contributed by atoms with van der Waals surface area (Å²) in [7, 11) is 0. The van der Waals surface area contributed by atoms with Gasteiger partial charge in [-0.1, -0.05) is 35.9 Å². The fourth-order valence-electron chi connectivity index (χ4n) is 2.67. The number of rotatable bonds is 7. The second-order valence-corrected chi connectivity index (χ2v) is 6.04. The van der Waals surface area contributed by atoms with E-state index in [1.54, 1.807) is 18.2 Å². The molecule has 0 aliphatic heterocycles. The Morgan fingerprint density at radius 1 is 1.04 bits per heavy atom. The van der Waals surface area contributed by atoms with Gasteiger partial charge in [-0.2, -0.15) is 0 Å². The number of carboxylic acids is 1. The first kappa shape index (κ1) is 17.7. The molecule has 24 heavy (non-hydrogen) atoms. The molecule has 0 atom stereocenters. The predicted molar refractivity (Wildman–Crippen MR) is 94.4 cm³/mol. The van der Waals surface area contributed by atoms with Crippen LogP contribution < -0.4 is 5.32 Å². The Morgan fingerprint density at radius 3 is 2.54 bits per heavy atom. The topological polar surface area (TPSA) is 66.4 Å². The van der Waals surface area contributed by atoms with E-state index < -0.39 is 5.97 Å². The first-order chi connectivity index (χ1) is 11.5. The zero-order valence-corrected chi connectivity index (χ0v) is 14.1. The lowest BCUT2D eigenvalue weighted by atomic mass is 10.0. The molecule has 0 aliphatic rings. The van der Waals surface area contributed by atoms with E-state index in [1.165, 1.54) is 16.7 Å². The maximum atomic E-state index is 12.0. The molecule has 4 nitrogen and oxygen atoms in total. The molecule has 2 aromatic carbocycles. The average Bonchev–Trinajstić information content (AvgIpc) is 2.54. The van der Waals surface area contributed by atoms with Gasteiger partial charge in [-0.05, 0) is 55.5 Å². The van der Waals surface area contributed by atoms with E-state index in [2.05, 4.69) is 37.4 Å². The molecule has 0 aliphatic carbocycles. The number of benzene rings is 2. The van der Waals surface area contributed by atoms with E-state index >= 15 is 0 Å². The minimum atomic E-state index is -0.936. The van der Waals surface area contributed by atoms with Crippen LogP contribution in [0.4, 0.5) is 0 Å². The van der Waals surface area contributed by atoms with Gasteiger partial charge in [0.25, 0.3) is 0 Å². The summed E-state index contributed by atoms with van der Waals surface area (Å²) in [6, 6.07) is 13.1. The van der Waals surface area contributed by atoms with Gasteiger partial charge in [0.05, 0.1) is 5.56 Å². The van der Waals surface area contributed by atoms with Gasteiger partial charge in [-0.25, -0.2) is 4.79 Å². The molecule has 0 saturated carbocycles. The highest BCUT2D eigenvalue weighted by molar-refractivity contribution is 5.87. The van der Waals surface area contributed by atoms with Gasteiger partial charge < -0.3 is 10.4 Å². The number of hydrogen-bond donors (Lipinski definition) is 2. The lowest BCUT2D eigenvalue weighted by Gasteiger charge is -2.08. The van der Waals surface area contributed by atoms with Gasteiger partial charge in [0.1, 0.15) is 0 Å². The second-order valence-electron chi connectivity index (χ2n) is 6.04. The maximum absolute atomic E-state index is 12.0. The minimum absolute atomic E-state index is 0.0179. The summed E-state index contributed by atoms with van der Waals surface area (Å²) in [5.41, 5.74) is 4.82. The molecule has 1 amide bonds. The lowest BCUT2D eigenvalue weighted by Crippen LogP contribution is -2.26. The minimum Gasteiger partial charge on any atom is -0.478 e. The van der Waals surface area contributed by atoms with Crippen molar-refractivity contribution in [2.75, 3.05) is 6.54 Å². The van der Waals surface area contributed by atoms with Crippen LogP contribution in [0.1, 0.15) is 39.0 Å². The van der Waals surface area contributed by atoms with Crippen LogP contribution in [-0.2, 0) is 17.6 Å². The van der Waals surface area contributed by atoms with Crippen LogP contribution in [0.2, 0.25) is 0 Å². The molecular weight excluding hydrogens is 302 g/mol. The maximum Gasteiger partial charge on any atom is 0.335 e. The Labute approximate surface area is 142 Å². The fourth-order valence-corrected chi connectivity index (χ4v) is 2.67. The van der Waals surface area contributed by atoms with Crippen molar-refractivity contribution in [3.8, 4) is 0 Å². The molecule has 4 heteroatoms. The third-order valence-electron chi connectivity index (χ3n) is 4.03. The molecule has 0 aromatic heterocycles. The number of hydrogen-bond acceptors (Lipinski definition) is 2. The molecule has 0 bridgehead atoms. The number of carbonyl (C=O) groups excluding carboxylic acids is 1. The fraction of sp³-hybridized carbons (Fsp3) is 0.300. The molecule has 2 N–H and O–H groups in total. The van der Waals surface area contributed by atoms with Crippen LogP contribution in [0, 0.1) is 13.8 Å². The average molecular weight is 325 g/mol. The van der Waals surface area contributed by atoms with E-state index in [0.29, 0.717) is 19.4 Å². The quantitative estimate of drug-likeness (QED) is 0.821. The largest absolute Gasteiger partial charge is 0.478 e. The first-order valence-corrected chi connectivity index (χ1v) is 8.11. The van der Waals surface area contributed by atoms with Crippen molar-refractivity contribution in [1.29, 1.82) is 0 Å². The highest BCUT2D eigenvalue weighted by atomic mass is 16.4. The zero-order valence-electron chi connectivity index (χ0n) is 14.1. The highest BCUT2D eigenvalue weighted by Gasteiger charge is 2.06. The van der Waals surface area contributed by atoms with Gasteiger partial charge in [-0.15, -0.1) is 0 Å². The van der Waals surface area contributed by atoms with Gasteiger partial charge in [0.15, 0.2) is 0 Å². The molecule has 126 valence electrons. The summed E-state index contributed by atoms with van der Waals surface area (Å²) in [5, 5.41) is 11.9. The highest BCUT2D eigenvalue weighted by Crippen LogP contribution is 2.12. The number of nitrogens with one attached hydrogen (secondary N) is 1. The van der Waals surface area contributed by atoms with Crippen molar-refractivity contribution >= 4 is 11.9 Å². The van der Waals surface area contributed by atoms with E-state index in [-0.39, 0.29) is 11.5 Å². The molecule has 2 rings (SSSR count). The van der Waals surface area contributed by atoms with Gasteiger partial charge in [-0.3, -0.25) is 4.79 Å². The standard InChI is InChI=1S/C20H23NO3/c1-14-6-7-17(15(2)12-14)8-9-19(22)21-11-10-16-4-3-5-18(13-16)20(23)24/h3-7,12-13H,8-11H2,1-2H3,(H,21,22)(H,23,24). The number of amides is 1. The number of aryl methyl sites for hydroxylation is 3. The Bertz CT molecular complexity index is 737. The Kier molecular flexibility index (Phi) is 6.13. The van der Waals surface area contributed by atoms with E-state index in [9.17, 15) is 9.59 Å². The Balaban J connectivity index is 1.77. The number of carboxylic acid groups (broad SMARTS) is 1. The summed E-state index contributed by atoms with van der Waals surface area (Å²) in [6.45, 7) is 4.63. The van der Waals surface area contributed by atoms with E-state index in [4.69, 9.17) is 5.11 Å². The number of carbonyl (C=O) groups is 2. The molecule has 0 fully saturated rings. The molecule has 0 saturated heterocycles. The molecule has 0 radical (unpaired) electrons. The zero-order chi connectivity index (χ0) is 17.5. The van der Waals surface area contributed by atoms with Gasteiger partial charge in [0.2, 0.25) is 5.91 Å². The van der Waals surface area contributed by atoms with Gasteiger partial charge >= 0.3 is 5.97 Å². The summed E-state index contributed by atoms with van der Waals surface area (Å²) in [6.07, 6.45) is 1.81. The van der Waals surface area contributed by atoms with Crippen molar-refractivity contribution in [2.24, 2.45) is 0 Å². The molecule has 0 heterocycles. The third-order valence-corrected chi connectivity index (χ3v) is 4.03. The first-order valence-electron chi connectivity index (χ1n) is 8.11. The molecule has 0 unspecified atom stereocenters. The normalized spacial score (nSPS) is 10.4. The van der Waals surface area contributed by atoms with Crippen LogP contribution in [0.3, 0.4) is 0 Å². The third kappa shape index (κ3) is 5.23. The van der Waals surface area contributed by atoms with Crippen molar-refractivity contribution < 1.29 is 14.7 Å².